The van der Waals surface area contributed by atoms with Gasteiger partial charge in [0.2, 0.25) is 0 Å². The number of nitrogens with zero attached hydrogens (tertiary/aromatic N) is 1. The number of halogens is 2. The highest BCUT2D eigenvalue weighted by Crippen LogP contribution is 2.24. The van der Waals surface area contributed by atoms with Crippen LogP contribution in [-0.4, -0.2) is 18.0 Å². The molecular weight excluding hydrogens is 425 g/mol. The van der Waals surface area contributed by atoms with Crippen LogP contribution < -0.4 is 15.5 Å². The van der Waals surface area contributed by atoms with Crippen molar-refractivity contribution < 1.29 is 14.3 Å². The van der Waals surface area contributed by atoms with E-state index >= 15 is 0 Å². The third kappa shape index (κ3) is 6.34. The van der Waals surface area contributed by atoms with Gasteiger partial charge >= 0.3 is 11.8 Å². The Labute approximate surface area is 183 Å². The molecule has 0 bridgehead atoms. The lowest BCUT2D eigenvalue weighted by molar-refractivity contribution is -0.136. The molecule has 0 spiro atoms. The largest absolute Gasteiger partial charge is 0.489 e. The Kier molecular flexibility index (Phi) is 7.43. The van der Waals surface area contributed by atoms with Crippen molar-refractivity contribution in [2.24, 2.45) is 5.10 Å². The summed E-state index contributed by atoms with van der Waals surface area (Å²) in [6.07, 6.45) is 1.42. The van der Waals surface area contributed by atoms with E-state index in [1.807, 2.05) is 36.4 Å². The van der Waals surface area contributed by atoms with Gasteiger partial charge in [0.05, 0.1) is 16.3 Å². The Morgan fingerprint density at radius 3 is 2.47 bits per heavy atom. The predicted molar refractivity (Wildman–Crippen MR) is 118 cm³/mol. The molecule has 0 saturated carbocycles. The zero-order valence-electron chi connectivity index (χ0n) is 15.6. The molecule has 3 aromatic rings. The predicted octanol–water partition coefficient (Wildman–Crippen LogP) is 4.66. The number of hydrogen-bond acceptors (Lipinski definition) is 4. The van der Waals surface area contributed by atoms with E-state index in [0.717, 1.165) is 5.56 Å². The summed E-state index contributed by atoms with van der Waals surface area (Å²) in [7, 11) is 0. The molecule has 0 atom stereocenters. The van der Waals surface area contributed by atoms with Crippen LogP contribution in [0.1, 0.15) is 11.1 Å². The van der Waals surface area contributed by atoms with Crippen LogP contribution in [0.4, 0.5) is 5.69 Å². The van der Waals surface area contributed by atoms with Crippen LogP contribution in [0.5, 0.6) is 5.75 Å². The van der Waals surface area contributed by atoms with Gasteiger partial charge in [-0.1, -0.05) is 65.7 Å². The van der Waals surface area contributed by atoms with Crippen molar-refractivity contribution in [2.75, 3.05) is 5.32 Å². The molecule has 152 valence electrons. The second-order valence-electron chi connectivity index (χ2n) is 6.13. The molecule has 0 unspecified atom stereocenters. The quantitative estimate of drug-likeness (QED) is 0.331. The normalized spacial score (nSPS) is 10.6. The summed E-state index contributed by atoms with van der Waals surface area (Å²) >= 11 is 11.7. The van der Waals surface area contributed by atoms with Gasteiger partial charge in [-0.25, -0.2) is 5.43 Å². The molecule has 0 aliphatic heterocycles. The lowest BCUT2D eigenvalue weighted by atomic mass is 10.2. The fraction of sp³-hybridized carbons (Fsp3) is 0.0455. The van der Waals surface area contributed by atoms with Gasteiger partial charge in [-0.3, -0.25) is 9.59 Å². The van der Waals surface area contributed by atoms with Gasteiger partial charge in [-0.2, -0.15) is 5.10 Å². The molecule has 0 radical (unpaired) electrons. The minimum atomic E-state index is -0.922. The fourth-order valence-electron chi connectivity index (χ4n) is 2.40. The molecule has 2 N–H and O–H groups in total. The molecule has 8 heteroatoms. The van der Waals surface area contributed by atoms with Crippen molar-refractivity contribution in [3.8, 4) is 5.75 Å². The SMILES string of the molecule is O=C(NN=Cc1cccc(OCc2ccccc2)c1)C(=O)Nc1ccc(Cl)c(Cl)c1. The number of benzene rings is 3. The number of carbonyl (C=O) groups is 2. The number of anilines is 1. The summed E-state index contributed by atoms with van der Waals surface area (Å²) in [4.78, 5) is 23.8. The molecule has 6 nitrogen and oxygen atoms in total. The van der Waals surface area contributed by atoms with Crippen molar-refractivity contribution in [2.45, 2.75) is 6.61 Å². The van der Waals surface area contributed by atoms with Crippen LogP contribution in [0.15, 0.2) is 77.9 Å². The average Bonchev–Trinajstić information content (AvgIpc) is 2.76. The maximum Gasteiger partial charge on any atom is 0.329 e. The third-order valence-electron chi connectivity index (χ3n) is 3.87. The van der Waals surface area contributed by atoms with Crippen LogP contribution in [-0.2, 0) is 16.2 Å². The van der Waals surface area contributed by atoms with Crippen LogP contribution >= 0.6 is 23.2 Å². The van der Waals surface area contributed by atoms with E-state index in [1.54, 1.807) is 18.2 Å². The molecule has 3 aromatic carbocycles. The van der Waals surface area contributed by atoms with Crippen molar-refractivity contribution in [1.82, 2.24) is 5.43 Å². The summed E-state index contributed by atoms with van der Waals surface area (Å²) in [6.45, 7) is 0.438. The van der Waals surface area contributed by atoms with Gasteiger partial charge in [-0.05, 0) is 41.5 Å². The Bertz CT molecular complexity index is 1070. The minimum absolute atomic E-state index is 0.266. The molecule has 0 aliphatic rings. The number of nitrogens with one attached hydrogen (secondary N) is 2. The van der Waals surface area contributed by atoms with E-state index in [2.05, 4.69) is 15.8 Å². The van der Waals surface area contributed by atoms with Crippen molar-refractivity contribution in [1.29, 1.82) is 0 Å². The zero-order chi connectivity index (χ0) is 21.3. The van der Waals surface area contributed by atoms with Gasteiger partial charge in [-0.15, -0.1) is 0 Å². The number of ether oxygens (including phenoxy) is 1. The summed E-state index contributed by atoms with van der Waals surface area (Å²) < 4.78 is 5.75. The maximum absolute atomic E-state index is 11.9. The Morgan fingerprint density at radius 1 is 0.900 bits per heavy atom. The van der Waals surface area contributed by atoms with Crippen molar-refractivity contribution in [3.63, 3.8) is 0 Å². The lowest BCUT2D eigenvalue weighted by Gasteiger charge is -2.07. The molecule has 0 heterocycles. The zero-order valence-corrected chi connectivity index (χ0v) is 17.2. The van der Waals surface area contributed by atoms with Gasteiger partial charge in [0, 0.05) is 5.69 Å². The maximum atomic E-state index is 11.9. The Balaban J connectivity index is 1.52. The van der Waals surface area contributed by atoms with Crippen molar-refractivity contribution >= 4 is 46.9 Å². The number of hydrazone groups is 1. The van der Waals surface area contributed by atoms with Crippen LogP contribution in [0, 0.1) is 0 Å². The second-order valence-corrected chi connectivity index (χ2v) is 6.94. The smallest absolute Gasteiger partial charge is 0.329 e. The summed E-state index contributed by atoms with van der Waals surface area (Å²) in [6, 6.07) is 21.5. The third-order valence-corrected chi connectivity index (χ3v) is 4.61. The topological polar surface area (TPSA) is 79.8 Å². The van der Waals surface area contributed by atoms with E-state index in [0.29, 0.717) is 28.6 Å². The molecule has 0 aliphatic carbocycles. The van der Waals surface area contributed by atoms with Gasteiger partial charge in [0.15, 0.2) is 0 Å². The molecule has 30 heavy (non-hydrogen) atoms. The van der Waals surface area contributed by atoms with Crippen LogP contribution in [0.2, 0.25) is 10.0 Å². The first kappa shape index (κ1) is 21.4. The highest BCUT2D eigenvalue weighted by atomic mass is 35.5. The Morgan fingerprint density at radius 2 is 1.70 bits per heavy atom. The summed E-state index contributed by atoms with van der Waals surface area (Å²) in [5, 5.41) is 6.83. The van der Waals surface area contributed by atoms with Crippen molar-refractivity contribution in [3.05, 3.63) is 94.0 Å². The fourth-order valence-corrected chi connectivity index (χ4v) is 2.70. The van der Waals surface area contributed by atoms with E-state index in [1.165, 1.54) is 24.4 Å². The number of carbonyl (C=O) groups excluding carboxylic acids is 2. The molecule has 2 amide bonds. The first-order chi connectivity index (χ1) is 14.5. The van der Waals surface area contributed by atoms with Crippen LogP contribution in [0.25, 0.3) is 0 Å². The van der Waals surface area contributed by atoms with E-state index in [9.17, 15) is 9.59 Å². The number of amides is 2. The first-order valence-corrected chi connectivity index (χ1v) is 9.63. The summed E-state index contributed by atoms with van der Waals surface area (Å²) in [5.74, 6) is -1.15. The molecule has 0 fully saturated rings. The Hall–Kier alpha value is -3.35. The molecular formula is C22H17Cl2N3O3. The van der Waals surface area contributed by atoms with E-state index in [-0.39, 0.29) is 5.02 Å². The number of hydrogen-bond donors (Lipinski definition) is 2. The number of rotatable bonds is 6. The standard InChI is InChI=1S/C22H17Cl2N3O3/c23-19-10-9-17(12-20(19)24)26-21(28)22(29)27-25-13-16-7-4-8-18(11-16)30-14-15-5-2-1-3-6-15/h1-13H,14H2,(H,26,28)(H,27,29). The average molecular weight is 442 g/mol. The van der Waals surface area contributed by atoms with Gasteiger partial charge < -0.3 is 10.1 Å². The van der Waals surface area contributed by atoms with Gasteiger partial charge in [0.1, 0.15) is 12.4 Å². The molecule has 0 saturated heterocycles. The molecule has 0 aromatic heterocycles. The summed E-state index contributed by atoms with van der Waals surface area (Å²) in [5.41, 5.74) is 4.27. The monoisotopic (exact) mass is 441 g/mol. The highest BCUT2D eigenvalue weighted by Gasteiger charge is 2.13. The minimum Gasteiger partial charge on any atom is -0.489 e. The second kappa shape index (κ2) is 10.4. The lowest BCUT2D eigenvalue weighted by Crippen LogP contribution is -2.32. The van der Waals surface area contributed by atoms with E-state index in [4.69, 9.17) is 27.9 Å². The van der Waals surface area contributed by atoms with Crippen LogP contribution in [0.3, 0.4) is 0 Å². The van der Waals surface area contributed by atoms with Gasteiger partial charge in [0.25, 0.3) is 0 Å². The molecule has 3 rings (SSSR count). The highest BCUT2D eigenvalue weighted by molar-refractivity contribution is 6.42. The van der Waals surface area contributed by atoms with E-state index < -0.39 is 11.8 Å². The first-order valence-electron chi connectivity index (χ1n) is 8.87.